The number of carbonyl (C=O) groups is 2. The number of fused-ring (bicyclic) bond motifs is 1. The number of carbonyl (C=O) groups excluding carboxylic acids is 2. The molecule has 0 fully saturated rings. The monoisotopic (exact) mass is 559 g/mol. The lowest BCUT2D eigenvalue weighted by atomic mass is 10.1. The number of aryl methyl sites for hydroxylation is 1. The SMILES string of the molecule is COc1cc(OC)c(F)c(C(=O)c2cc3cc(N(C(=O)OC(C)(C)C)c4nn(C)cc4[N+](=O)[O-])ncc3o2)c1F. The van der Waals surface area contributed by atoms with Gasteiger partial charge in [-0.3, -0.25) is 19.6 Å². The molecule has 0 atom stereocenters. The smallest absolute Gasteiger partial charge is 0.422 e. The topological polar surface area (TPSA) is 152 Å². The number of halogens is 2. The van der Waals surface area contributed by atoms with Gasteiger partial charge in [-0.15, -0.1) is 5.10 Å². The van der Waals surface area contributed by atoms with Gasteiger partial charge in [0.15, 0.2) is 34.5 Å². The van der Waals surface area contributed by atoms with Crippen LogP contribution in [-0.2, 0) is 11.8 Å². The number of hydrogen-bond donors (Lipinski definition) is 0. The van der Waals surface area contributed by atoms with Gasteiger partial charge in [-0.2, -0.15) is 0 Å². The van der Waals surface area contributed by atoms with E-state index < -0.39 is 62.5 Å². The zero-order valence-corrected chi connectivity index (χ0v) is 22.1. The third-order valence-corrected chi connectivity index (χ3v) is 5.42. The minimum atomic E-state index is -1.26. The van der Waals surface area contributed by atoms with Crippen LogP contribution in [0.1, 0.15) is 36.9 Å². The molecule has 0 aliphatic carbocycles. The van der Waals surface area contributed by atoms with E-state index in [1.54, 1.807) is 20.8 Å². The lowest BCUT2D eigenvalue weighted by molar-refractivity contribution is -0.384. The molecule has 0 N–H and O–H groups in total. The van der Waals surface area contributed by atoms with Gasteiger partial charge in [-0.1, -0.05) is 0 Å². The molecule has 13 nitrogen and oxygen atoms in total. The van der Waals surface area contributed by atoms with E-state index in [4.69, 9.17) is 18.6 Å². The van der Waals surface area contributed by atoms with Gasteiger partial charge in [0, 0.05) is 18.5 Å². The molecule has 15 heteroatoms. The molecular weight excluding hydrogens is 536 g/mol. The Morgan fingerprint density at radius 1 is 1.10 bits per heavy atom. The van der Waals surface area contributed by atoms with Crippen LogP contribution in [0.4, 0.5) is 30.9 Å². The Kier molecular flexibility index (Phi) is 7.15. The Labute approximate surface area is 225 Å². The van der Waals surface area contributed by atoms with Crippen LogP contribution in [0.5, 0.6) is 11.5 Å². The summed E-state index contributed by atoms with van der Waals surface area (Å²) in [4.78, 5) is 42.2. The van der Waals surface area contributed by atoms with Crippen molar-refractivity contribution in [1.82, 2.24) is 14.8 Å². The quantitative estimate of drug-likeness (QED) is 0.170. The highest BCUT2D eigenvalue weighted by Crippen LogP contribution is 2.36. The second-order valence-corrected chi connectivity index (χ2v) is 9.39. The number of furan rings is 1. The van der Waals surface area contributed by atoms with Crippen LogP contribution in [-0.4, -0.2) is 51.4 Å². The Morgan fingerprint density at radius 2 is 1.73 bits per heavy atom. The Balaban J connectivity index is 1.84. The summed E-state index contributed by atoms with van der Waals surface area (Å²) in [5.41, 5.74) is -2.44. The summed E-state index contributed by atoms with van der Waals surface area (Å²) in [6.07, 6.45) is 1.21. The number of methoxy groups -OCH3 is 2. The van der Waals surface area contributed by atoms with Gasteiger partial charge >= 0.3 is 11.8 Å². The highest BCUT2D eigenvalue weighted by molar-refractivity contribution is 6.10. The molecule has 0 radical (unpaired) electrons. The standard InChI is InChI=1S/C25H23F2N5O8/c1-25(2,3)40-24(34)31(23-13(32(35)36)11-30(4)29-23)18-8-12-7-16(39-17(12)10-28-18)22(33)19-20(26)14(37-5)9-15(38-6)21(19)27/h7-11H,1-6H3. The molecule has 0 unspecified atom stereocenters. The van der Waals surface area contributed by atoms with E-state index in [1.807, 2.05) is 0 Å². The molecule has 0 aliphatic rings. The van der Waals surface area contributed by atoms with Crippen LogP contribution in [0.3, 0.4) is 0 Å². The predicted molar refractivity (Wildman–Crippen MR) is 135 cm³/mol. The fourth-order valence-electron chi connectivity index (χ4n) is 3.72. The van der Waals surface area contributed by atoms with Crippen LogP contribution < -0.4 is 14.4 Å². The van der Waals surface area contributed by atoms with E-state index >= 15 is 0 Å². The number of ketones is 1. The van der Waals surface area contributed by atoms with Crippen molar-refractivity contribution in [3.63, 3.8) is 0 Å². The summed E-state index contributed by atoms with van der Waals surface area (Å²) < 4.78 is 51.6. The lowest BCUT2D eigenvalue weighted by Crippen LogP contribution is -2.34. The van der Waals surface area contributed by atoms with Crippen LogP contribution >= 0.6 is 0 Å². The number of rotatable bonds is 7. The van der Waals surface area contributed by atoms with Gasteiger partial charge < -0.3 is 18.6 Å². The third-order valence-electron chi connectivity index (χ3n) is 5.42. The molecule has 0 spiro atoms. The number of benzene rings is 1. The number of hydrogen-bond acceptors (Lipinski definition) is 10. The molecule has 0 saturated carbocycles. The number of pyridine rings is 1. The number of nitro groups is 1. The first kappa shape index (κ1) is 27.9. The van der Waals surface area contributed by atoms with Gasteiger partial charge in [-0.05, 0) is 32.9 Å². The summed E-state index contributed by atoms with van der Waals surface area (Å²) in [5.74, 6) is -5.53. The molecule has 4 aromatic rings. The van der Waals surface area contributed by atoms with Crippen molar-refractivity contribution in [3.05, 3.63) is 63.7 Å². The van der Waals surface area contributed by atoms with Gasteiger partial charge in [0.05, 0.1) is 25.3 Å². The molecule has 0 bridgehead atoms. The van der Waals surface area contributed by atoms with E-state index in [1.165, 1.54) is 19.2 Å². The molecule has 0 aliphatic heterocycles. The molecule has 4 rings (SSSR count). The van der Waals surface area contributed by atoms with Crippen molar-refractivity contribution in [3.8, 4) is 11.5 Å². The number of nitrogens with zero attached hydrogens (tertiary/aromatic N) is 5. The summed E-state index contributed by atoms with van der Waals surface area (Å²) in [6, 6.07) is 3.41. The normalized spacial score (nSPS) is 11.4. The number of anilines is 2. The van der Waals surface area contributed by atoms with Crippen molar-refractivity contribution >= 4 is 40.2 Å². The number of ether oxygens (including phenoxy) is 3. The molecule has 210 valence electrons. The number of amides is 1. The van der Waals surface area contributed by atoms with E-state index in [0.717, 1.165) is 42.3 Å². The third kappa shape index (κ3) is 5.12. The van der Waals surface area contributed by atoms with Crippen molar-refractivity contribution < 1.29 is 41.9 Å². The average molecular weight is 559 g/mol. The predicted octanol–water partition coefficient (Wildman–Crippen LogP) is 5.07. The first-order valence-electron chi connectivity index (χ1n) is 11.5. The minimum absolute atomic E-state index is 0.0161. The van der Waals surface area contributed by atoms with Crippen molar-refractivity contribution in [2.75, 3.05) is 19.1 Å². The van der Waals surface area contributed by atoms with Crippen molar-refractivity contribution in [2.45, 2.75) is 26.4 Å². The highest BCUT2D eigenvalue weighted by atomic mass is 19.1. The lowest BCUT2D eigenvalue weighted by Gasteiger charge is -2.25. The Hall–Kier alpha value is -5.08. The highest BCUT2D eigenvalue weighted by Gasteiger charge is 2.35. The van der Waals surface area contributed by atoms with Gasteiger partial charge in [0.1, 0.15) is 23.2 Å². The maximum Gasteiger partial charge on any atom is 0.422 e. The zero-order valence-electron chi connectivity index (χ0n) is 22.1. The molecule has 1 amide bonds. The molecule has 40 heavy (non-hydrogen) atoms. The minimum Gasteiger partial charge on any atom is -0.494 e. The maximum absolute atomic E-state index is 14.9. The maximum atomic E-state index is 14.9. The van der Waals surface area contributed by atoms with E-state index in [9.17, 15) is 28.5 Å². The fourth-order valence-corrected chi connectivity index (χ4v) is 3.72. The molecule has 1 aromatic carbocycles. The van der Waals surface area contributed by atoms with Gasteiger partial charge in [0.2, 0.25) is 11.6 Å². The summed E-state index contributed by atoms with van der Waals surface area (Å²) in [5, 5.41) is 15.9. The first-order valence-corrected chi connectivity index (χ1v) is 11.5. The van der Waals surface area contributed by atoms with Crippen LogP contribution in [0.15, 0.2) is 35.0 Å². The van der Waals surface area contributed by atoms with Crippen LogP contribution in [0.2, 0.25) is 0 Å². The second-order valence-electron chi connectivity index (χ2n) is 9.39. The summed E-state index contributed by atoms with van der Waals surface area (Å²) in [7, 11) is 3.71. The van der Waals surface area contributed by atoms with Gasteiger partial charge in [-0.25, -0.2) is 23.5 Å². The molecule has 3 heterocycles. The van der Waals surface area contributed by atoms with E-state index in [2.05, 4.69) is 10.1 Å². The van der Waals surface area contributed by atoms with Crippen molar-refractivity contribution in [1.29, 1.82) is 0 Å². The zero-order chi connectivity index (χ0) is 29.5. The van der Waals surface area contributed by atoms with E-state index in [0.29, 0.717) is 0 Å². The first-order chi connectivity index (χ1) is 18.7. The average Bonchev–Trinajstić information content (AvgIpc) is 3.46. The second kappa shape index (κ2) is 10.2. The largest absolute Gasteiger partial charge is 0.494 e. The Morgan fingerprint density at radius 3 is 2.27 bits per heavy atom. The van der Waals surface area contributed by atoms with Crippen molar-refractivity contribution in [2.24, 2.45) is 7.05 Å². The van der Waals surface area contributed by atoms with Gasteiger partial charge in [0.25, 0.3) is 0 Å². The number of aromatic nitrogens is 3. The summed E-state index contributed by atoms with van der Waals surface area (Å²) in [6.45, 7) is 4.81. The molecule has 0 saturated heterocycles. The Bertz CT molecular complexity index is 1630. The van der Waals surface area contributed by atoms with Crippen LogP contribution in [0, 0.1) is 21.7 Å². The molecule has 3 aromatic heterocycles. The van der Waals surface area contributed by atoms with Crippen LogP contribution in [0.25, 0.3) is 11.0 Å². The van der Waals surface area contributed by atoms with E-state index in [-0.39, 0.29) is 22.6 Å². The molecular formula is C25H23F2N5O8. The fraction of sp³-hybridized carbons (Fsp3) is 0.280. The summed E-state index contributed by atoms with van der Waals surface area (Å²) >= 11 is 0.